The number of carbonyl (C=O) groups excluding carboxylic acids is 1. The number of hydrogen-bond donors (Lipinski definition) is 1. The minimum absolute atomic E-state index is 0.0241. The number of halogens is 1. The number of para-hydroxylation sites is 1. The number of methoxy groups -OCH3 is 1. The van der Waals surface area contributed by atoms with Gasteiger partial charge >= 0.3 is 0 Å². The Morgan fingerprint density at radius 3 is 2.80 bits per heavy atom. The molecule has 35 heavy (non-hydrogen) atoms. The van der Waals surface area contributed by atoms with E-state index in [-0.39, 0.29) is 17.8 Å². The number of carbonyl (C=O) groups is 1. The molecule has 180 valence electrons. The summed E-state index contributed by atoms with van der Waals surface area (Å²) in [6.07, 6.45) is 5.39. The standard InChI is InChI=1S/C27H27FN4O2S/c1-17-30-25(26(35-17)18-10-12-19(28)13-11-18)27(33)32-14-6-5-7-20(32)15-24-29-16-22(31-24)21-8-3-4-9-23(21)34-2/h3-4,8-13,16,20H,5-7,14-15H2,1-2H3,(H,29,31). The predicted octanol–water partition coefficient (Wildman–Crippen LogP) is 5.89. The number of thiazole rings is 1. The Balaban J connectivity index is 1.39. The zero-order valence-electron chi connectivity index (χ0n) is 19.8. The zero-order valence-corrected chi connectivity index (χ0v) is 20.6. The highest BCUT2D eigenvalue weighted by molar-refractivity contribution is 7.15. The first-order chi connectivity index (χ1) is 17.0. The normalized spacial score (nSPS) is 15.9. The Bertz CT molecular complexity index is 1330. The molecule has 3 heterocycles. The fraction of sp³-hybridized carbons (Fsp3) is 0.296. The number of aryl methyl sites for hydroxylation is 1. The van der Waals surface area contributed by atoms with Crippen LogP contribution in [-0.4, -0.2) is 45.5 Å². The maximum atomic E-state index is 13.7. The van der Waals surface area contributed by atoms with Gasteiger partial charge in [-0.2, -0.15) is 0 Å². The van der Waals surface area contributed by atoms with Crippen LogP contribution >= 0.6 is 11.3 Å². The summed E-state index contributed by atoms with van der Waals surface area (Å²) in [6, 6.07) is 14.1. The van der Waals surface area contributed by atoms with Crippen molar-refractivity contribution in [2.45, 2.75) is 38.6 Å². The molecule has 1 aliphatic heterocycles. The molecule has 4 aromatic rings. The van der Waals surface area contributed by atoms with Gasteiger partial charge in [-0.15, -0.1) is 11.3 Å². The second kappa shape index (κ2) is 10.00. The van der Waals surface area contributed by atoms with Crippen LogP contribution in [-0.2, 0) is 6.42 Å². The van der Waals surface area contributed by atoms with E-state index in [1.807, 2.05) is 42.3 Å². The quantitative estimate of drug-likeness (QED) is 0.366. The number of ether oxygens (including phenoxy) is 1. The number of likely N-dealkylation sites (tertiary alicyclic amines) is 1. The first-order valence-electron chi connectivity index (χ1n) is 11.7. The van der Waals surface area contributed by atoms with Gasteiger partial charge in [-0.1, -0.05) is 24.3 Å². The summed E-state index contributed by atoms with van der Waals surface area (Å²) >= 11 is 1.46. The molecule has 2 aromatic heterocycles. The van der Waals surface area contributed by atoms with E-state index in [4.69, 9.17) is 4.74 Å². The van der Waals surface area contributed by atoms with E-state index in [0.29, 0.717) is 18.7 Å². The number of rotatable bonds is 6. The largest absolute Gasteiger partial charge is 0.496 e. The SMILES string of the molecule is COc1ccccc1-c1cnc(CC2CCCCN2C(=O)c2nc(C)sc2-c2ccc(F)cc2)[nH]1. The third-order valence-corrected chi connectivity index (χ3v) is 7.41. The summed E-state index contributed by atoms with van der Waals surface area (Å²) in [4.78, 5) is 29.1. The summed E-state index contributed by atoms with van der Waals surface area (Å²) in [5.41, 5.74) is 3.09. The van der Waals surface area contributed by atoms with Gasteiger partial charge in [-0.3, -0.25) is 4.79 Å². The summed E-state index contributed by atoms with van der Waals surface area (Å²) < 4.78 is 19.0. The van der Waals surface area contributed by atoms with Crippen molar-refractivity contribution in [3.63, 3.8) is 0 Å². The number of aromatic nitrogens is 3. The Hall–Kier alpha value is -3.52. The van der Waals surface area contributed by atoms with E-state index in [1.54, 1.807) is 19.2 Å². The van der Waals surface area contributed by atoms with E-state index in [1.165, 1.54) is 23.5 Å². The zero-order chi connectivity index (χ0) is 24.4. The molecule has 1 unspecified atom stereocenters. The topological polar surface area (TPSA) is 71.1 Å². The molecule has 0 radical (unpaired) electrons. The van der Waals surface area contributed by atoms with E-state index < -0.39 is 0 Å². The maximum Gasteiger partial charge on any atom is 0.274 e. The molecule has 1 amide bonds. The average Bonchev–Trinajstić information content (AvgIpc) is 3.51. The number of H-pyrrole nitrogens is 1. The second-order valence-corrected chi connectivity index (χ2v) is 9.92. The summed E-state index contributed by atoms with van der Waals surface area (Å²) in [5.74, 6) is 1.24. The highest BCUT2D eigenvalue weighted by Gasteiger charge is 2.31. The number of aromatic amines is 1. The van der Waals surface area contributed by atoms with Crippen LogP contribution in [0.1, 0.15) is 40.6 Å². The fourth-order valence-electron chi connectivity index (χ4n) is 4.68. The number of benzene rings is 2. The second-order valence-electron chi connectivity index (χ2n) is 8.71. The molecule has 1 fully saturated rings. The molecule has 1 atom stereocenters. The lowest BCUT2D eigenvalue weighted by molar-refractivity contribution is 0.0606. The molecule has 5 rings (SSSR count). The van der Waals surface area contributed by atoms with Crippen molar-refractivity contribution in [2.75, 3.05) is 13.7 Å². The number of imidazole rings is 1. The number of nitrogens with one attached hydrogen (secondary N) is 1. The van der Waals surface area contributed by atoms with Crippen molar-refractivity contribution in [2.24, 2.45) is 0 Å². The molecule has 0 spiro atoms. The van der Waals surface area contributed by atoms with E-state index in [9.17, 15) is 9.18 Å². The van der Waals surface area contributed by atoms with Crippen LogP contribution in [0.3, 0.4) is 0 Å². The predicted molar refractivity (Wildman–Crippen MR) is 135 cm³/mol. The van der Waals surface area contributed by atoms with Gasteiger partial charge in [0.2, 0.25) is 0 Å². The first-order valence-corrected chi connectivity index (χ1v) is 12.6. The molecule has 1 N–H and O–H groups in total. The first kappa shape index (κ1) is 23.2. The van der Waals surface area contributed by atoms with Crippen LogP contribution < -0.4 is 4.74 Å². The Morgan fingerprint density at radius 2 is 2.00 bits per heavy atom. The van der Waals surface area contributed by atoms with Crippen LogP contribution in [0.4, 0.5) is 4.39 Å². The van der Waals surface area contributed by atoms with E-state index in [0.717, 1.165) is 57.5 Å². The number of amides is 1. The van der Waals surface area contributed by atoms with Gasteiger partial charge in [0.1, 0.15) is 23.1 Å². The molecule has 0 saturated carbocycles. The van der Waals surface area contributed by atoms with Crippen LogP contribution in [0.25, 0.3) is 21.7 Å². The minimum Gasteiger partial charge on any atom is -0.496 e. The van der Waals surface area contributed by atoms with Gasteiger partial charge in [0, 0.05) is 24.6 Å². The van der Waals surface area contributed by atoms with E-state index in [2.05, 4.69) is 15.0 Å². The molecular formula is C27H27FN4O2S. The lowest BCUT2D eigenvalue weighted by Crippen LogP contribution is -2.45. The van der Waals surface area contributed by atoms with Gasteiger partial charge in [-0.05, 0) is 56.0 Å². The lowest BCUT2D eigenvalue weighted by Gasteiger charge is -2.35. The van der Waals surface area contributed by atoms with Crippen LogP contribution in [0.2, 0.25) is 0 Å². The smallest absolute Gasteiger partial charge is 0.274 e. The van der Waals surface area contributed by atoms with Gasteiger partial charge in [0.05, 0.1) is 28.9 Å². The van der Waals surface area contributed by atoms with Gasteiger partial charge in [0.15, 0.2) is 0 Å². The van der Waals surface area contributed by atoms with Gasteiger partial charge in [0.25, 0.3) is 5.91 Å². The molecule has 0 bridgehead atoms. The van der Waals surface area contributed by atoms with E-state index >= 15 is 0 Å². The lowest BCUT2D eigenvalue weighted by atomic mass is 9.98. The maximum absolute atomic E-state index is 13.7. The summed E-state index contributed by atoms with van der Waals surface area (Å²) in [6.45, 7) is 2.58. The van der Waals surface area contributed by atoms with Crippen molar-refractivity contribution in [3.05, 3.63) is 77.1 Å². The molecular weight excluding hydrogens is 463 g/mol. The molecule has 8 heteroatoms. The van der Waals surface area contributed by atoms with Crippen molar-refractivity contribution in [1.29, 1.82) is 0 Å². The Morgan fingerprint density at radius 1 is 1.20 bits per heavy atom. The molecule has 6 nitrogen and oxygen atoms in total. The highest BCUT2D eigenvalue weighted by Crippen LogP contribution is 2.33. The fourth-order valence-corrected chi connectivity index (χ4v) is 5.59. The van der Waals surface area contributed by atoms with Crippen molar-refractivity contribution < 1.29 is 13.9 Å². The summed E-state index contributed by atoms with van der Waals surface area (Å²) in [5, 5.41) is 0.814. The monoisotopic (exact) mass is 490 g/mol. The van der Waals surface area contributed by atoms with Crippen LogP contribution in [0.5, 0.6) is 5.75 Å². The third kappa shape index (κ3) is 4.84. The van der Waals surface area contributed by atoms with Gasteiger partial charge in [-0.25, -0.2) is 14.4 Å². The van der Waals surface area contributed by atoms with Crippen molar-refractivity contribution in [1.82, 2.24) is 19.9 Å². The van der Waals surface area contributed by atoms with Crippen molar-refractivity contribution in [3.8, 4) is 27.4 Å². The van der Waals surface area contributed by atoms with Crippen LogP contribution in [0, 0.1) is 12.7 Å². The number of piperidine rings is 1. The molecule has 1 saturated heterocycles. The average molecular weight is 491 g/mol. The number of nitrogens with zero attached hydrogens (tertiary/aromatic N) is 3. The number of hydrogen-bond acceptors (Lipinski definition) is 5. The van der Waals surface area contributed by atoms with Crippen molar-refractivity contribution >= 4 is 17.2 Å². The molecule has 2 aromatic carbocycles. The van der Waals surface area contributed by atoms with Crippen LogP contribution in [0.15, 0.2) is 54.7 Å². The molecule has 0 aliphatic carbocycles. The minimum atomic E-state index is -0.301. The Kier molecular flexibility index (Phi) is 6.63. The van der Waals surface area contributed by atoms with Gasteiger partial charge < -0.3 is 14.6 Å². The highest BCUT2D eigenvalue weighted by atomic mass is 32.1. The summed E-state index contributed by atoms with van der Waals surface area (Å²) in [7, 11) is 1.65. The molecule has 1 aliphatic rings. The Labute approximate surface area is 207 Å². The third-order valence-electron chi connectivity index (χ3n) is 6.39.